The molecule has 2 N–H and O–H groups in total. The van der Waals surface area contributed by atoms with Crippen molar-refractivity contribution in [3.63, 3.8) is 0 Å². The van der Waals surface area contributed by atoms with Crippen molar-refractivity contribution in [1.29, 1.82) is 0 Å². The van der Waals surface area contributed by atoms with Gasteiger partial charge < -0.3 is 14.7 Å². The summed E-state index contributed by atoms with van der Waals surface area (Å²) in [5.74, 6) is -1.24. The molecule has 7 heteroatoms. The Kier molecular flexibility index (Phi) is 7.43. The molecule has 0 radical (unpaired) electrons. The number of hydrogen-bond acceptors (Lipinski definition) is 5. The van der Waals surface area contributed by atoms with Crippen LogP contribution < -0.4 is 5.32 Å². The minimum Gasteiger partial charge on any atom is -0.480 e. The van der Waals surface area contributed by atoms with Crippen molar-refractivity contribution in [1.82, 2.24) is 10.2 Å². The number of carboxylic acids is 1. The molecule has 148 valence electrons. The zero-order chi connectivity index (χ0) is 19.3. The van der Waals surface area contributed by atoms with Gasteiger partial charge in [0.1, 0.15) is 12.1 Å². The highest BCUT2D eigenvalue weighted by Crippen LogP contribution is 2.40. The maximum atomic E-state index is 13.1. The van der Waals surface area contributed by atoms with E-state index in [0.717, 1.165) is 32.1 Å². The Balaban J connectivity index is 2.10. The number of carbonyl (C=O) groups is 3. The smallest absolute Gasteiger partial charge is 0.326 e. The molecule has 1 amide bonds. The van der Waals surface area contributed by atoms with Crippen molar-refractivity contribution < 1.29 is 24.2 Å². The monoisotopic (exact) mass is 368 g/mol. The number of carboxylic acid groups (broad SMARTS) is 1. The lowest BCUT2D eigenvalue weighted by Crippen LogP contribution is -2.55. The molecule has 1 saturated heterocycles. The molecule has 5 atom stereocenters. The van der Waals surface area contributed by atoms with Gasteiger partial charge in [0.25, 0.3) is 0 Å². The predicted molar refractivity (Wildman–Crippen MR) is 96.6 cm³/mol. The van der Waals surface area contributed by atoms with Crippen molar-refractivity contribution in [2.75, 3.05) is 6.61 Å². The lowest BCUT2D eigenvalue weighted by molar-refractivity contribution is -0.152. The van der Waals surface area contributed by atoms with Gasteiger partial charge in [-0.1, -0.05) is 26.2 Å². The van der Waals surface area contributed by atoms with Crippen LogP contribution in [0.2, 0.25) is 0 Å². The van der Waals surface area contributed by atoms with Gasteiger partial charge in [0.05, 0.1) is 12.6 Å². The van der Waals surface area contributed by atoms with E-state index in [0.29, 0.717) is 19.4 Å². The molecule has 0 unspecified atom stereocenters. The third kappa shape index (κ3) is 4.55. The first kappa shape index (κ1) is 20.7. The molecule has 0 aromatic carbocycles. The molecular weight excluding hydrogens is 336 g/mol. The Bertz CT molecular complexity index is 524. The van der Waals surface area contributed by atoms with Crippen LogP contribution in [0.15, 0.2) is 0 Å². The van der Waals surface area contributed by atoms with Crippen LogP contribution in [0, 0.1) is 5.92 Å². The summed E-state index contributed by atoms with van der Waals surface area (Å²) in [6.07, 6.45) is 5.87. The molecule has 2 fully saturated rings. The molecule has 26 heavy (non-hydrogen) atoms. The maximum Gasteiger partial charge on any atom is 0.326 e. The van der Waals surface area contributed by atoms with Crippen LogP contribution >= 0.6 is 0 Å². The lowest BCUT2D eigenvalue weighted by Gasteiger charge is -2.35. The summed E-state index contributed by atoms with van der Waals surface area (Å²) < 4.78 is 5.09. The Morgan fingerprint density at radius 2 is 1.92 bits per heavy atom. The zero-order valence-corrected chi connectivity index (χ0v) is 16.1. The third-order valence-corrected chi connectivity index (χ3v) is 5.60. The lowest BCUT2D eigenvalue weighted by atomic mass is 9.84. The average Bonchev–Trinajstić information content (AvgIpc) is 3.00. The van der Waals surface area contributed by atoms with Crippen LogP contribution in [0.1, 0.15) is 65.7 Å². The van der Waals surface area contributed by atoms with E-state index < -0.39 is 24.1 Å². The van der Waals surface area contributed by atoms with E-state index in [-0.39, 0.29) is 23.8 Å². The van der Waals surface area contributed by atoms with Crippen molar-refractivity contribution in [2.45, 2.75) is 89.9 Å². The molecule has 1 saturated carbocycles. The van der Waals surface area contributed by atoms with Gasteiger partial charge in [-0.05, 0) is 45.4 Å². The number of nitrogens with zero attached hydrogens (tertiary/aromatic N) is 1. The van der Waals surface area contributed by atoms with E-state index >= 15 is 0 Å². The molecule has 1 heterocycles. The predicted octanol–water partition coefficient (Wildman–Crippen LogP) is 1.94. The van der Waals surface area contributed by atoms with Gasteiger partial charge >= 0.3 is 11.9 Å². The number of amides is 1. The summed E-state index contributed by atoms with van der Waals surface area (Å²) in [6, 6.07) is -1.92. The molecule has 2 rings (SSSR count). The van der Waals surface area contributed by atoms with Crippen molar-refractivity contribution in [2.24, 2.45) is 5.92 Å². The highest BCUT2D eigenvalue weighted by molar-refractivity contribution is 5.88. The van der Waals surface area contributed by atoms with Gasteiger partial charge in [-0.2, -0.15) is 0 Å². The van der Waals surface area contributed by atoms with Gasteiger partial charge in [0, 0.05) is 6.04 Å². The molecular formula is C19H32N2O5. The summed E-state index contributed by atoms with van der Waals surface area (Å²) in [5.41, 5.74) is 0. The Labute approximate surface area is 155 Å². The molecule has 2 aliphatic rings. The summed E-state index contributed by atoms with van der Waals surface area (Å²) in [4.78, 5) is 38.5. The van der Waals surface area contributed by atoms with Crippen molar-refractivity contribution in [3.05, 3.63) is 0 Å². The SMILES string of the molecule is CCC[C@@H](N[C@@H](C)C(=O)N1[C@H](C(=O)O)C[C@@H]2CCCC[C@@H]21)C(=O)OCC. The summed E-state index contributed by atoms with van der Waals surface area (Å²) >= 11 is 0. The van der Waals surface area contributed by atoms with E-state index in [1.807, 2.05) is 6.92 Å². The minimum absolute atomic E-state index is 0.00817. The van der Waals surface area contributed by atoms with Crippen LogP contribution in [0.5, 0.6) is 0 Å². The number of fused-ring (bicyclic) bond motifs is 1. The fourth-order valence-corrected chi connectivity index (χ4v) is 4.39. The Morgan fingerprint density at radius 3 is 2.54 bits per heavy atom. The molecule has 0 aromatic heterocycles. The second-order valence-electron chi connectivity index (χ2n) is 7.43. The van der Waals surface area contributed by atoms with E-state index in [1.54, 1.807) is 18.7 Å². The van der Waals surface area contributed by atoms with Gasteiger partial charge in [0.2, 0.25) is 5.91 Å². The molecule has 7 nitrogen and oxygen atoms in total. The number of carbonyl (C=O) groups excluding carboxylic acids is 2. The molecule has 1 aliphatic heterocycles. The first-order valence-corrected chi connectivity index (χ1v) is 9.88. The zero-order valence-electron chi connectivity index (χ0n) is 16.1. The van der Waals surface area contributed by atoms with E-state index in [4.69, 9.17) is 4.74 Å². The molecule has 0 aromatic rings. The maximum absolute atomic E-state index is 13.1. The van der Waals surface area contributed by atoms with Gasteiger partial charge in [-0.15, -0.1) is 0 Å². The molecule has 1 aliphatic carbocycles. The number of likely N-dealkylation sites (tertiary alicyclic amines) is 1. The van der Waals surface area contributed by atoms with Crippen molar-refractivity contribution in [3.8, 4) is 0 Å². The number of ether oxygens (including phenoxy) is 1. The highest BCUT2D eigenvalue weighted by atomic mass is 16.5. The number of nitrogens with one attached hydrogen (secondary N) is 1. The summed E-state index contributed by atoms with van der Waals surface area (Å²) in [6.45, 7) is 5.72. The summed E-state index contributed by atoms with van der Waals surface area (Å²) in [5, 5.41) is 12.7. The van der Waals surface area contributed by atoms with E-state index in [1.165, 1.54) is 0 Å². The fourth-order valence-electron chi connectivity index (χ4n) is 4.39. The Hall–Kier alpha value is -1.63. The fraction of sp³-hybridized carbons (Fsp3) is 0.842. The topological polar surface area (TPSA) is 95.9 Å². The largest absolute Gasteiger partial charge is 0.480 e. The second kappa shape index (κ2) is 9.35. The summed E-state index contributed by atoms with van der Waals surface area (Å²) in [7, 11) is 0. The second-order valence-corrected chi connectivity index (χ2v) is 7.43. The molecule has 0 bridgehead atoms. The van der Waals surface area contributed by atoms with Crippen LogP contribution in [0.4, 0.5) is 0 Å². The van der Waals surface area contributed by atoms with Crippen LogP contribution in [0.3, 0.4) is 0 Å². The first-order valence-electron chi connectivity index (χ1n) is 9.88. The normalized spacial score (nSPS) is 27.5. The van der Waals surface area contributed by atoms with E-state index in [9.17, 15) is 19.5 Å². The van der Waals surface area contributed by atoms with Crippen LogP contribution in [0.25, 0.3) is 0 Å². The number of hydrogen-bond donors (Lipinski definition) is 2. The van der Waals surface area contributed by atoms with E-state index in [2.05, 4.69) is 5.32 Å². The number of rotatable bonds is 8. The molecule has 0 spiro atoms. The quantitative estimate of drug-likeness (QED) is 0.636. The minimum atomic E-state index is -0.935. The van der Waals surface area contributed by atoms with Crippen LogP contribution in [-0.2, 0) is 19.1 Å². The highest BCUT2D eigenvalue weighted by Gasteiger charge is 2.48. The number of aliphatic carboxylic acids is 1. The number of esters is 1. The van der Waals surface area contributed by atoms with Gasteiger partial charge in [-0.25, -0.2) is 4.79 Å². The van der Waals surface area contributed by atoms with Crippen molar-refractivity contribution >= 4 is 17.8 Å². The van der Waals surface area contributed by atoms with Gasteiger partial charge in [-0.3, -0.25) is 14.9 Å². The van der Waals surface area contributed by atoms with Gasteiger partial charge in [0.15, 0.2) is 0 Å². The standard InChI is InChI=1S/C19H32N2O5/c1-4-8-14(19(25)26-5-2)20-12(3)17(22)21-15-10-7-6-9-13(15)11-16(21)18(23)24/h12-16,20H,4-11H2,1-3H3,(H,23,24)/t12-,13-,14+,15-,16-/m0/s1. The first-order chi connectivity index (χ1) is 12.4. The average molecular weight is 368 g/mol. The van der Waals surface area contributed by atoms with Crippen LogP contribution in [-0.4, -0.2) is 58.6 Å². The third-order valence-electron chi connectivity index (χ3n) is 5.60. The Morgan fingerprint density at radius 1 is 1.23 bits per heavy atom.